The minimum Gasteiger partial charge on any atom is -0.287 e. The van der Waals surface area contributed by atoms with Gasteiger partial charge in [-0.25, -0.2) is 9.67 Å². The summed E-state index contributed by atoms with van der Waals surface area (Å²) < 4.78 is 3.49. The van der Waals surface area contributed by atoms with Crippen molar-refractivity contribution in [2.24, 2.45) is 0 Å². The number of nitrogens with zero attached hydrogens (tertiary/aromatic N) is 6. The first-order chi connectivity index (χ1) is 11.2. The summed E-state index contributed by atoms with van der Waals surface area (Å²) in [4.78, 5) is 17.2. The number of para-hydroxylation sites is 1. The summed E-state index contributed by atoms with van der Waals surface area (Å²) in [6.45, 7) is 5.40. The molecule has 0 saturated carbocycles. The third-order valence-electron chi connectivity index (χ3n) is 3.51. The Morgan fingerprint density at radius 3 is 2.83 bits per heavy atom. The molecular weight excluding hydrogens is 312 g/mol. The zero-order valence-corrected chi connectivity index (χ0v) is 14.0. The number of hydrogen-bond acceptors (Lipinski definition) is 6. The Balaban J connectivity index is 1.93. The summed E-state index contributed by atoms with van der Waals surface area (Å²) >= 11 is 1.49. The third-order valence-corrected chi connectivity index (χ3v) is 4.49. The number of benzene rings is 1. The molecule has 3 rings (SSSR count). The Hall–Kier alpha value is -2.22. The Bertz CT molecular complexity index is 872. The minimum absolute atomic E-state index is 0.00579. The molecule has 8 heteroatoms. The lowest BCUT2D eigenvalue weighted by Gasteiger charge is -2.10. The van der Waals surface area contributed by atoms with Crippen molar-refractivity contribution in [3.63, 3.8) is 0 Å². The SMILES string of the molecule is CCCn1nnnc1CSc1nc2ccccc2c(=O)n1CC. The van der Waals surface area contributed by atoms with Crippen molar-refractivity contribution >= 4 is 22.7 Å². The van der Waals surface area contributed by atoms with E-state index in [1.165, 1.54) is 11.8 Å². The second-order valence-electron chi connectivity index (χ2n) is 5.07. The Kier molecular flexibility index (Phi) is 4.71. The second kappa shape index (κ2) is 6.91. The molecule has 2 heterocycles. The van der Waals surface area contributed by atoms with Gasteiger partial charge in [-0.2, -0.15) is 0 Å². The van der Waals surface area contributed by atoms with E-state index in [-0.39, 0.29) is 5.56 Å². The van der Waals surface area contributed by atoms with Crippen LogP contribution in [-0.2, 0) is 18.8 Å². The van der Waals surface area contributed by atoms with E-state index in [9.17, 15) is 4.79 Å². The maximum atomic E-state index is 12.6. The van der Waals surface area contributed by atoms with Gasteiger partial charge in [-0.1, -0.05) is 30.8 Å². The molecule has 0 saturated heterocycles. The van der Waals surface area contributed by atoms with Crippen molar-refractivity contribution in [1.29, 1.82) is 0 Å². The molecule has 0 radical (unpaired) electrons. The molecule has 0 fully saturated rings. The minimum atomic E-state index is -0.00579. The van der Waals surface area contributed by atoms with E-state index in [4.69, 9.17) is 0 Å². The van der Waals surface area contributed by atoms with E-state index in [1.54, 1.807) is 9.25 Å². The summed E-state index contributed by atoms with van der Waals surface area (Å²) in [6.07, 6.45) is 0.969. The molecule has 0 atom stereocenters. The van der Waals surface area contributed by atoms with Gasteiger partial charge in [0.15, 0.2) is 11.0 Å². The van der Waals surface area contributed by atoms with E-state index >= 15 is 0 Å². The van der Waals surface area contributed by atoms with Crippen LogP contribution in [0.4, 0.5) is 0 Å². The topological polar surface area (TPSA) is 78.5 Å². The molecular formula is C15H18N6OS. The van der Waals surface area contributed by atoms with Crippen molar-refractivity contribution in [3.05, 3.63) is 40.4 Å². The maximum Gasteiger partial charge on any atom is 0.262 e. The highest BCUT2D eigenvalue weighted by atomic mass is 32.2. The van der Waals surface area contributed by atoms with Gasteiger partial charge in [0.2, 0.25) is 0 Å². The van der Waals surface area contributed by atoms with Crippen LogP contribution in [0.15, 0.2) is 34.2 Å². The van der Waals surface area contributed by atoms with Crippen LogP contribution >= 0.6 is 11.8 Å². The van der Waals surface area contributed by atoms with Crippen molar-refractivity contribution < 1.29 is 0 Å². The van der Waals surface area contributed by atoms with Gasteiger partial charge < -0.3 is 0 Å². The first-order valence-electron chi connectivity index (χ1n) is 7.62. The number of aryl methyl sites for hydroxylation is 1. The summed E-state index contributed by atoms with van der Waals surface area (Å²) in [5, 5.41) is 13.1. The van der Waals surface area contributed by atoms with Crippen LogP contribution in [0.2, 0.25) is 0 Å². The van der Waals surface area contributed by atoms with Crippen molar-refractivity contribution in [2.75, 3.05) is 0 Å². The Morgan fingerprint density at radius 2 is 2.04 bits per heavy atom. The van der Waals surface area contributed by atoms with E-state index in [0.29, 0.717) is 22.8 Å². The van der Waals surface area contributed by atoms with E-state index < -0.39 is 0 Å². The summed E-state index contributed by atoms with van der Waals surface area (Å²) in [5.74, 6) is 1.37. The average Bonchev–Trinajstić information content (AvgIpc) is 3.01. The molecule has 0 amide bonds. The lowest BCUT2D eigenvalue weighted by molar-refractivity contribution is 0.564. The van der Waals surface area contributed by atoms with Crippen molar-refractivity contribution in [1.82, 2.24) is 29.8 Å². The van der Waals surface area contributed by atoms with Crippen LogP contribution in [0, 0.1) is 0 Å². The molecule has 0 spiro atoms. The van der Waals surface area contributed by atoms with Crippen LogP contribution < -0.4 is 5.56 Å². The highest BCUT2D eigenvalue weighted by molar-refractivity contribution is 7.98. The van der Waals surface area contributed by atoms with E-state index in [1.807, 2.05) is 31.2 Å². The highest BCUT2D eigenvalue weighted by Crippen LogP contribution is 2.21. The predicted molar refractivity (Wildman–Crippen MR) is 89.3 cm³/mol. The molecule has 0 bridgehead atoms. The molecule has 0 aliphatic heterocycles. The molecule has 2 aromatic heterocycles. The number of fused-ring (bicyclic) bond motifs is 1. The fourth-order valence-corrected chi connectivity index (χ4v) is 3.37. The number of thioether (sulfide) groups is 1. The fraction of sp³-hybridized carbons (Fsp3) is 0.400. The lowest BCUT2D eigenvalue weighted by atomic mass is 10.2. The number of rotatable bonds is 6. The first kappa shape index (κ1) is 15.7. The van der Waals surface area contributed by atoms with Gasteiger partial charge in [0, 0.05) is 13.1 Å². The fourth-order valence-electron chi connectivity index (χ4n) is 2.38. The van der Waals surface area contributed by atoms with Crippen LogP contribution in [0.1, 0.15) is 26.1 Å². The van der Waals surface area contributed by atoms with Gasteiger partial charge >= 0.3 is 0 Å². The molecule has 1 aromatic carbocycles. The summed E-state index contributed by atoms with van der Waals surface area (Å²) in [5.41, 5.74) is 0.714. The van der Waals surface area contributed by atoms with E-state index in [2.05, 4.69) is 27.4 Å². The highest BCUT2D eigenvalue weighted by Gasteiger charge is 2.12. The van der Waals surface area contributed by atoms with Crippen LogP contribution in [0.3, 0.4) is 0 Å². The van der Waals surface area contributed by atoms with Gasteiger partial charge in [-0.3, -0.25) is 9.36 Å². The van der Waals surface area contributed by atoms with Crippen LogP contribution in [-0.4, -0.2) is 29.8 Å². The molecule has 0 aliphatic rings. The predicted octanol–water partition coefficient (Wildman–Crippen LogP) is 2.11. The monoisotopic (exact) mass is 330 g/mol. The zero-order valence-electron chi connectivity index (χ0n) is 13.1. The molecule has 3 aromatic rings. The average molecular weight is 330 g/mol. The van der Waals surface area contributed by atoms with Crippen LogP contribution in [0.5, 0.6) is 0 Å². The smallest absolute Gasteiger partial charge is 0.262 e. The second-order valence-corrected chi connectivity index (χ2v) is 6.01. The van der Waals surface area contributed by atoms with Gasteiger partial charge in [0.1, 0.15) is 0 Å². The number of aromatic nitrogens is 6. The quantitative estimate of drug-likeness (QED) is 0.509. The first-order valence-corrected chi connectivity index (χ1v) is 8.60. The maximum absolute atomic E-state index is 12.6. The molecule has 120 valence electrons. The largest absolute Gasteiger partial charge is 0.287 e. The van der Waals surface area contributed by atoms with Gasteiger partial charge in [-0.15, -0.1) is 5.10 Å². The third kappa shape index (κ3) is 3.12. The molecule has 23 heavy (non-hydrogen) atoms. The van der Waals surface area contributed by atoms with Gasteiger partial charge in [-0.05, 0) is 35.9 Å². The molecule has 0 unspecified atom stereocenters. The standard InChI is InChI=1S/C15H18N6OS/c1-3-9-21-13(17-18-19-21)10-23-15-16-12-8-6-5-7-11(12)14(22)20(15)4-2/h5-8H,3-4,9-10H2,1-2H3. The molecule has 7 nitrogen and oxygen atoms in total. The van der Waals surface area contributed by atoms with Crippen LogP contribution in [0.25, 0.3) is 10.9 Å². The van der Waals surface area contributed by atoms with Crippen molar-refractivity contribution in [3.8, 4) is 0 Å². The number of tetrazole rings is 1. The summed E-state index contributed by atoms with van der Waals surface area (Å²) in [6, 6.07) is 7.42. The van der Waals surface area contributed by atoms with Gasteiger partial charge in [0.25, 0.3) is 5.56 Å². The van der Waals surface area contributed by atoms with Crippen molar-refractivity contribution in [2.45, 2.75) is 44.3 Å². The summed E-state index contributed by atoms with van der Waals surface area (Å²) in [7, 11) is 0. The molecule has 0 N–H and O–H groups in total. The van der Waals surface area contributed by atoms with E-state index in [0.717, 1.165) is 24.3 Å². The molecule has 0 aliphatic carbocycles. The lowest BCUT2D eigenvalue weighted by Crippen LogP contribution is -2.22. The normalized spacial score (nSPS) is 11.2. The Labute approximate surface area is 137 Å². The Morgan fingerprint density at radius 1 is 1.22 bits per heavy atom. The zero-order chi connectivity index (χ0) is 16.2. The number of hydrogen-bond donors (Lipinski definition) is 0. The van der Waals surface area contributed by atoms with Gasteiger partial charge in [0.05, 0.1) is 16.7 Å².